The van der Waals surface area contributed by atoms with Crippen molar-refractivity contribution >= 4 is 23.5 Å². The highest BCUT2D eigenvalue weighted by molar-refractivity contribution is 6.10. The number of urea groups is 1. The van der Waals surface area contributed by atoms with Gasteiger partial charge in [0.15, 0.2) is 6.61 Å². The number of halogens is 4. The van der Waals surface area contributed by atoms with Gasteiger partial charge < -0.3 is 15.4 Å². The molecule has 0 aromatic heterocycles. The molecule has 33 heavy (non-hydrogen) atoms. The highest BCUT2D eigenvalue weighted by Gasteiger charge is 2.49. The third-order valence-electron chi connectivity index (χ3n) is 4.77. The fourth-order valence-corrected chi connectivity index (χ4v) is 3.14. The highest BCUT2D eigenvalue weighted by Crippen LogP contribution is 2.29. The topological polar surface area (TPSA) is 112 Å². The maximum absolute atomic E-state index is 13.2. The van der Waals surface area contributed by atoms with Crippen molar-refractivity contribution in [1.82, 2.24) is 10.2 Å². The van der Waals surface area contributed by atoms with E-state index >= 15 is 0 Å². The van der Waals surface area contributed by atoms with Gasteiger partial charge in [-0.1, -0.05) is 12.1 Å². The molecule has 0 bridgehead atoms. The monoisotopic (exact) mass is 464 g/mol. The van der Waals surface area contributed by atoms with Crippen LogP contribution in [0.4, 0.5) is 28.0 Å². The highest BCUT2D eigenvalue weighted by atomic mass is 19.4. The molecule has 172 valence electrons. The van der Waals surface area contributed by atoms with Gasteiger partial charge in [0, 0.05) is 5.69 Å². The zero-order valence-corrected chi connectivity index (χ0v) is 17.0. The van der Waals surface area contributed by atoms with Crippen LogP contribution in [0.25, 0.3) is 0 Å². The predicted molar refractivity (Wildman–Crippen MR) is 105 cm³/mol. The Morgan fingerprint density at radius 1 is 1.21 bits per heavy atom. The minimum absolute atomic E-state index is 0.0456. The van der Waals surface area contributed by atoms with Crippen LogP contribution in [0.15, 0.2) is 42.5 Å². The van der Waals surface area contributed by atoms with Crippen LogP contribution in [-0.4, -0.2) is 42.1 Å². The van der Waals surface area contributed by atoms with Crippen LogP contribution in [0.1, 0.15) is 18.1 Å². The quantitative estimate of drug-likeness (QED) is 0.504. The van der Waals surface area contributed by atoms with Crippen molar-refractivity contribution in [2.24, 2.45) is 0 Å². The Kier molecular flexibility index (Phi) is 6.25. The van der Waals surface area contributed by atoms with Gasteiger partial charge in [0.05, 0.1) is 5.56 Å². The molecule has 2 aromatic rings. The fraction of sp³-hybridized carbons (Fsp3) is 0.238. The molecule has 2 aromatic carbocycles. The Bertz CT molecular complexity index is 1140. The first-order valence-electron chi connectivity index (χ1n) is 9.36. The molecule has 1 heterocycles. The molecule has 8 nitrogen and oxygen atoms in total. The number of carbonyl (C=O) groups excluding carboxylic acids is 3. The molecular formula is C21H16F4N4O4. The summed E-state index contributed by atoms with van der Waals surface area (Å²) in [5.74, 6) is -2.38. The smallest absolute Gasteiger partial charge is 0.422 e. The summed E-state index contributed by atoms with van der Waals surface area (Å²) in [6.45, 7) is -0.848. The van der Waals surface area contributed by atoms with E-state index in [9.17, 15) is 31.9 Å². The summed E-state index contributed by atoms with van der Waals surface area (Å²) in [5, 5.41) is 14.0. The molecule has 12 heteroatoms. The van der Waals surface area contributed by atoms with Gasteiger partial charge in [-0.15, -0.1) is 0 Å². The number of alkyl halides is 3. The number of nitrogens with one attached hydrogen (secondary N) is 2. The minimum Gasteiger partial charge on any atom is -0.483 e. The van der Waals surface area contributed by atoms with Gasteiger partial charge in [-0.3, -0.25) is 14.5 Å². The summed E-state index contributed by atoms with van der Waals surface area (Å²) >= 11 is 0. The molecule has 3 rings (SSSR count). The Balaban J connectivity index is 1.69. The second-order valence-electron chi connectivity index (χ2n) is 7.23. The molecule has 1 atom stereocenters. The third kappa shape index (κ3) is 5.20. The lowest BCUT2D eigenvalue weighted by Gasteiger charge is -2.22. The molecule has 0 saturated carbocycles. The van der Waals surface area contributed by atoms with Gasteiger partial charge in [0.1, 0.15) is 29.7 Å². The van der Waals surface area contributed by atoms with Crippen molar-refractivity contribution in [3.63, 3.8) is 0 Å². The van der Waals surface area contributed by atoms with Gasteiger partial charge >= 0.3 is 12.2 Å². The van der Waals surface area contributed by atoms with Gasteiger partial charge in [-0.05, 0) is 42.8 Å². The van der Waals surface area contributed by atoms with Crippen LogP contribution in [0.2, 0.25) is 0 Å². The number of imide groups is 1. The molecule has 0 radical (unpaired) electrons. The lowest BCUT2D eigenvalue weighted by molar-refractivity contribution is -0.153. The summed E-state index contributed by atoms with van der Waals surface area (Å²) in [4.78, 5) is 38.2. The van der Waals surface area contributed by atoms with Crippen LogP contribution in [0.3, 0.4) is 0 Å². The molecule has 1 saturated heterocycles. The van der Waals surface area contributed by atoms with Crippen molar-refractivity contribution in [3.05, 3.63) is 59.4 Å². The number of hydrogen-bond acceptors (Lipinski definition) is 5. The average molecular weight is 464 g/mol. The van der Waals surface area contributed by atoms with E-state index in [0.29, 0.717) is 10.5 Å². The van der Waals surface area contributed by atoms with Gasteiger partial charge in [-0.2, -0.15) is 18.4 Å². The number of benzene rings is 2. The maximum Gasteiger partial charge on any atom is 0.422 e. The van der Waals surface area contributed by atoms with Crippen LogP contribution in [0.5, 0.6) is 5.75 Å². The van der Waals surface area contributed by atoms with Gasteiger partial charge in [-0.25, -0.2) is 9.18 Å². The third-order valence-corrected chi connectivity index (χ3v) is 4.77. The van der Waals surface area contributed by atoms with E-state index in [0.717, 1.165) is 24.3 Å². The average Bonchev–Trinajstić information content (AvgIpc) is 2.96. The van der Waals surface area contributed by atoms with E-state index < -0.39 is 48.5 Å². The fourth-order valence-electron chi connectivity index (χ4n) is 3.14. The van der Waals surface area contributed by atoms with E-state index in [-0.39, 0.29) is 17.0 Å². The summed E-state index contributed by atoms with van der Waals surface area (Å²) in [5.41, 5.74) is -1.39. The first-order chi connectivity index (χ1) is 15.4. The SMILES string of the molecule is CC1(c2ccc(F)cc2)NC(=O)N(CC(=O)Nc2ccc(OCC(F)(F)F)c(C#N)c2)C1=O. The molecule has 1 fully saturated rings. The van der Waals surface area contributed by atoms with Crippen LogP contribution in [-0.2, 0) is 15.1 Å². The second-order valence-corrected chi connectivity index (χ2v) is 7.23. The summed E-state index contributed by atoms with van der Waals surface area (Å²) < 4.78 is 54.7. The van der Waals surface area contributed by atoms with E-state index in [4.69, 9.17) is 5.26 Å². The minimum atomic E-state index is -4.59. The number of nitrogens with zero attached hydrogens (tertiary/aromatic N) is 2. The van der Waals surface area contributed by atoms with Crippen LogP contribution < -0.4 is 15.4 Å². The first kappa shape index (κ1) is 23.5. The lowest BCUT2D eigenvalue weighted by atomic mass is 9.92. The molecule has 1 unspecified atom stereocenters. The number of nitriles is 1. The lowest BCUT2D eigenvalue weighted by Crippen LogP contribution is -2.42. The van der Waals surface area contributed by atoms with E-state index in [2.05, 4.69) is 15.4 Å². The number of ether oxygens (including phenoxy) is 1. The Morgan fingerprint density at radius 2 is 1.88 bits per heavy atom. The molecule has 0 aliphatic carbocycles. The zero-order chi connectivity index (χ0) is 24.4. The molecule has 2 N–H and O–H groups in total. The van der Waals surface area contributed by atoms with Crippen molar-refractivity contribution in [2.45, 2.75) is 18.6 Å². The largest absolute Gasteiger partial charge is 0.483 e. The van der Waals surface area contributed by atoms with E-state index in [1.807, 2.05) is 0 Å². The number of amides is 4. The number of hydrogen-bond donors (Lipinski definition) is 2. The van der Waals surface area contributed by atoms with Gasteiger partial charge in [0.2, 0.25) is 5.91 Å². The maximum atomic E-state index is 13.2. The summed E-state index contributed by atoms with van der Waals surface area (Å²) in [7, 11) is 0. The molecule has 1 aliphatic heterocycles. The molecule has 1 aliphatic rings. The second kappa shape index (κ2) is 8.78. The number of anilines is 1. The van der Waals surface area contributed by atoms with E-state index in [1.165, 1.54) is 25.1 Å². The number of rotatable bonds is 6. The van der Waals surface area contributed by atoms with Crippen molar-refractivity contribution in [3.8, 4) is 11.8 Å². The van der Waals surface area contributed by atoms with Crippen molar-refractivity contribution in [2.75, 3.05) is 18.5 Å². The summed E-state index contributed by atoms with van der Waals surface area (Å²) in [6.07, 6.45) is -4.59. The summed E-state index contributed by atoms with van der Waals surface area (Å²) in [6, 6.07) is 9.15. The Morgan fingerprint density at radius 3 is 2.48 bits per heavy atom. The van der Waals surface area contributed by atoms with Gasteiger partial charge in [0.25, 0.3) is 5.91 Å². The first-order valence-corrected chi connectivity index (χ1v) is 9.36. The Hall–Kier alpha value is -4.14. The van der Waals surface area contributed by atoms with Crippen LogP contribution in [0, 0.1) is 17.1 Å². The number of carbonyl (C=O) groups is 3. The van der Waals surface area contributed by atoms with Crippen molar-refractivity contribution in [1.29, 1.82) is 5.26 Å². The Labute approximate surface area is 184 Å². The zero-order valence-electron chi connectivity index (χ0n) is 17.0. The molecule has 0 spiro atoms. The predicted octanol–water partition coefficient (Wildman–Crippen LogP) is 3.04. The standard InChI is InChI=1S/C21H16F4N4O4/c1-20(13-2-4-14(22)5-3-13)18(31)29(19(32)28-20)10-17(30)27-15-6-7-16(12(8-15)9-26)33-11-21(23,24)25/h2-8H,10-11H2,1H3,(H,27,30)(H,28,32). The van der Waals surface area contributed by atoms with E-state index in [1.54, 1.807) is 6.07 Å². The molecular weight excluding hydrogens is 448 g/mol. The van der Waals surface area contributed by atoms with Crippen LogP contribution >= 0.6 is 0 Å². The van der Waals surface area contributed by atoms with Crippen molar-refractivity contribution < 1.29 is 36.7 Å². The molecule has 4 amide bonds. The normalized spacial score (nSPS) is 18.0.